The van der Waals surface area contributed by atoms with E-state index in [0.717, 1.165) is 11.3 Å². The minimum atomic E-state index is 0. The Morgan fingerprint density at radius 3 is 2.39 bits per heavy atom. The van der Waals surface area contributed by atoms with Crippen LogP contribution in [0.5, 0.6) is 0 Å². The molecule has 0 spiro atoms. The molecule has 3 N–H and O–H groups in total. The van der Waals surface area contributed by atoms with Gasteiger partial charge in [0.05, 0.1) is 0 Å². The lowest BCUT2D eigenvalue weighted by molar-refractivity contribution is -0.118. The number of hydrogen-bond acceptors (Lipinski definition) is 2. The van der Waals surface area contributed by atoms with Crippen LogP contribution in [0.25, 0.3) is 0 Å². The average Bonchev–Trinajstić information content (AvgIpc) is 2.85. The van der Waals surface area contributed by atoms with Crippen molar-refractivity contribution in [2.45, 2.75) is 25.8 Å². The van der Waals surface area contributed by atoms with Crippen molar-refractivity contribution in [1.82, 2.24) is 0 Å². The predicted molar refractivity (Wildman–Crippen MR) is 74.5 cm³/mol. The predicted octanol–water partition coefficient (Wildman–Crippen LogP) is 2.55. The van der Waals surface area contributed by atoms with Crippen LogP contribution in [-0.2, 0) is 11.3 Å². The molecule has 0 bridgehead atoms. The van der Waals surface area contributed by atoms with Crippen molar-refractivity contribution in [3.05, 3.63) is 29.8 Å². The first-order valence-corrected chi connectivity index (χ1v) is 6.39. The topological polar surface area (TPSA) is 55.1 Å². The Bertz CT molecular complexity index is 422. The van der Waals surface area contributed by atoms with Crippen LogP contribution in [0.2, 0.25) is 0 Å². The molecule has 2 unspecified atom stereocenters. The zero-order valence-corrected chi connectivity index (χ0v) is 11.1. The molecule has 0 saturated heterocycles. The van der Waals surface area contributed by atoms with Crippen molar-refractivity contribution in [2.24, 2.45) is 23.5 Å². The Hall–Kier alpha value is -1.06. The number of nitrogens with one attached hydrogen (secondary N) is 1. The van der Waals surface area contributed by atoms with Gasteiger partial charge in [-0.3, -0.25) is 4.79 Å². The van der Waals surface area contributed by atoms with E-state index in [2.05, 4.69) is 5.32 Å². The summed E-state index contributed by atoms with van der Waals surface area (Å²) in [7, 11) is 0. The van der Waals surface area contributed by atoms with E-state index in [1.807, 2.05) is 24.3 Å². The van der Waals surface area contributed by atoms with Gasteiger partial charge in [-0.05, 0) is 42.4 Å². The molecule has 0 aromatic heterocycles. The molecule has 0 aliphatic heterocycles. The van der Waals surface area contributed by atoms with Crippen molar-refractivity contribution >= 4 is 24.0 Å². The SMILES string of the molecule is Cl.NCc1ccc(NC(=O)C2C3CCCC32)cc1. The van der Waals surface area contributed by atoms with E-state index < -0.39 is 0 Å². The van der Waals surface area contributed by atoms with Gasteiger partial charge in [-0.25, -0.2) is 0 Å². The van der Waals surface area contributed by atoms with Crippen molar-refractivity contribution in [3.8, 4) is 0 Å². The second kappa shape index (κ2) is 5.29. The Morgan fingerprint density at radius 1 is 1.22 bits per heavy atom. The normalized spacial score (nSPS) is 28.2. The lowest BCUT2D eigenvalue weighted by Crippen LogP contribution is -2.16. The average molecular weight is 267 g/mol. The smallest absolute Gasteiger partial charge is 0.228 e. The summed E-state index contributed by atoms with van der Waals surface area (Å²) in [4.78, 5) is 12.0. The van der Waals surface area contributed by atoms with Crippen molar-refractivity contribution in [3.63, 3.8) is 0 Å². The Labute approximate surface area is 114 Å². The number of anilines is 1. The third-order valence-corrected chi connectivity index (χ3v) is 4.17. The summed E-state index contributed by atoms with van der Waals surface area (Å²) in [5.74, 6) is 1.86. The van der Waals surface area contributed by atoms with Gasteiger partial charge in [0.1, 0.15) is 0 Å². The molecule has 4 heteroatoms. The summed E-state index contributed by atoms with van der Waals surface area (Å²) in [5, 5.41) is 3.00. The van der Waals surface area contributed by atoms with Gasteiger partial charge in [0.25, 0.3) is 0 Å². The zero-order valence-electron chi connectivity index (χ0n) is 10.3. The largest absolute Gasteiger partial charge is 0.326 e. The maximum Gasteiger partial charge on any atom is 0.228 e. The number of carbonyl (C=O) groups excluding carboxylic acids is 1. The van der Waals surface area contributed by atoms with E-state index in [1.54, 1.807) is 0 Å². The van der Waals surface area contributed by atoms with Gasteiger partial charge >= 0.3 is 0 Å². The summed E-state index contributed by atoms with van der Waals surface area (Å²) in [6.45, 7) is 0.543. The van der Waals surface area contributed by atoms with Crippen LogP contribution in [0.1, 0.15) is 24.8 Å². The van der Waals surface area contributed by atoms with Crippen LogP contribution in [0.3, 0.4) is 0 Å². The second-order valence-electron chi connectivity index (χ2n) is 5.17. The number of amides is 1. The van der Waals surface area contributed by atoms with E-state index in [9.17, 15) is 4.79 Å². The van der Waals surface area contributed by atoms with Crippen LogP contribution in [0.15, 0.2) is 24.3 Å². The van der Waals surface area contributed by atoms with Gasteiger partial charge in [0.2, 0.25) is 5.91 Å². The molecule has 2 aliphatic carbocycles. The van der Waals surface area contributed by atoms with E-state index in [1.165, 1.54) is 19.3 Å². The molecule has 18 heavy (non-hydrogen) atoms. The second-order valence-corrected chi connectivity index (χ2v) is 5.17. The molecule has 1 aromatic rings. The molecule has 0 radical (unpaired) electrons. The molecule has 1 amide bonds. The highest BCUT2D eigenvalue weighted by atomic mass is 35.5. The van der Waals surface area contributed by atoms with E-state index in [0.29, 0.717) is 18.4 Å². The van der Waals surface area contributed by atoms with E-state index >= 15 is 0 Å². The third kappa shape index (κ3) is 2.38. The fraction of sp³-hybridized carbons (Fsp3) is 0.500. The Balaban J connectivity index is 0.00000120. The molecule has 3 nitrogen and oxygen atoms in total. The Kier molecular flexibility index (Phi) is 3.93. The first-order valence-electron chi connectivity index (χ1n) is 6.39. The fourth-order valence-corrected chi connectivity index (χ4v) is 3.16. The van der Waals surface area contributed by atoms with Crippen molar-refractivity contribution in [2.75, 3.05) is 5.32 Å². The van der Waals surface area contributed by atoms with Gasteiger partial charge in [-0.15, -0.1) is 12.4 Å². The summed E-state index contributed by atoms with van der Waals surface area (Å²) >= 11 is 0. The van der Waals surface area contributed by atoms with Gasteiger partial charge in [0.15, 0.2) is 0 Å². The number of fused-ring (bicyclic) bond motifs is 1. The standard InChI is InChI=1S/C14H18N2O.ClH/c15-8-9-4-6-10(7-5-9)16-14(17)13-11-2-1-3-12(11)13;/h4-7,11-13H,1-3,8,15H2,(H,16,17);1H. The van der Waals surface area contributed by atoms with Gasteiger partial charge in [-0.2, -0.15) is 0 Å². The summed E-state index contributed by atoms with van der Waals surface area (Å²) in [6.07, 6.45) is 3.80. The molecular formula is C14H19ClN2O. The minimum absolute atomic E-state index is 0. The lowest BCUT2D eigenvalue weighted by atomic mass is 10.1. The fourth-order valence-electron chi connectivity index (χ4n) is 3.16. The molecule has 2 saturated carbocycles. The lowest BCUT2D eigenvalue weighted by Gasteiger charge is -2.07. The zero-order chi connectivity index (χ0) is 11.8. The highest BCUT2D eigenvalue weighted by Crippen LogP contribution is 2.57. The molecule has 2 fully saturated rings. The highest BCUT2D eigenvalue weighted by molar-refractivity contribution is 5.95. The maximum absolute atomic E-state index is 12.0. The number of hydrogen-bond donors (Lipinski definition) is 2. The van der Waals surface area contributed by atoms with Gasteiger partial charge in [-0.1, -0.05) is 18.6 Å². The molecule has 1 aromatic carbocycles. The van der Waals surface area contributed by atoms with Crippen LogP contribution in [-0.4, -0.2) is 5.91 Å². The number of halogens is 1. The molecule has 98 valence electrons. The van der Waals surface area contributed by atoms with Gasteiger partial charge in [0, 0.05) is 18.2 Å². The number of rotatable bonds is 3. The monoisotopic (exact) mass is 266 g/mol. The first kappa shape index (κ1) is 13.4. The van der Waals surface area contributed by atoms with E-state index in [4.69, 9.17) is 5.73 Å². The van der Waals surface area contributed by atoms with Crippen molar-refractivity contribution in [1.29, 1.82) is 0 Å². The van der Waals surface area contributed by atoms with Crippen LogP contribution < -0.4 is 11.1 Å². The molecule has 2 aliphatic rings. The number of benzene rings is 1. The molecule has 2 atom stereocenters. The van der Waals surface area contributed by atoms with Gasteiger partial charge < -0.3 is 11.1 Å². The van der Waals surface area contributed by atoms with E-state index in [-0.39, 0.29) is 24.2 Å². The number of carbonyl (C=O) groups is 1. The summed E-state index contributed by atoms with van der Waals surface area (Å²) in [5.41, 5.74) is 7.51. The molecule has 0 heterocycles. The first-order chi connectivity index (χ1) is 8.29. The third-order valence-electron chi connectivity index (χ3n) is 4.17. The van der Waals surface area contributed by atoms with Crippen LogP contribution in [0.4, 0.5) is 5.69 Å². The summed E-state index contributed by atoms with van der Waals surface area (Å²) in [6, 6.07) is 7.78. The molecular weight excluding hydrogens is 248 g/mol. The van der Waals surface area contributed by atoms with Crippen LogP contribution in [0, 0.1) is 17.8 Å². The highest BCUT2D eigenvalue weighted by Gasteiger charge is 2.56. The number of nitrogens with two attached hydrogens (primary N) is 1. The quantitative estimate of drug-likeness (QED) is 0.883. The molecule has 3 rings (SSSR count). The Morgan fingerprint density at radius 2 is 1.83 bits per heavy atom. The minimum Gasteiger partial charge on any atom is -0.326 e. The maximum atomic E-state index is 12.0. The van der Waals surface area contributed by atoms with Crippen LogP contribution >= 0.6 is 12.4 Å². The summed E-state index contributed by atoms with van der Waals surface area (Å²) < 4.78 is 0. The van der Waals surface area contributed by atoms with Crippen molar-refractivity contribution < 1.29 is 4.79 Å².